The van der Waals surface area contributed by atoms with Crippen LogP contribution in [0, 0.1) is 0 Å². The molecule has 1 saturated heterocycles. The highest BCUT2D eigenvalue weighted by atomic mass is 32.1. The maximum Gasteiger partial charge on any atom is 0.257 e. The van der Waals surface area contributed by atoms with Crippen LogP contribution in [0.1, 0.15) is 37.6 Å². The fourth-order valence-electron chi connectivity index (χ4n) is 3.73. The van der Waals surface area contributed by atoms with Gasteiger partial charge in [0, 0.05) is 55.6 Å². The molecule has 1 aliphatic rings. The number of thiocarbonyl (C=S) groups is 1. The number of carbonyl (C=O) groups excluding carboxylic acids is 2. The number of carbonyl (C=O) groups is 2. The van der Waals surface area contributed by atoms with Gasteiger partial charge < -0.3 is 24.6 Å². The minimum Gasteiger partial charge on any atom is -0.494 e. The molecule has 9 heteroatoms. The zero-order valence-corrected chi connectivity index (χ0v) is 20.7. The zero-order valence-electron chi connectivity index (χ0n) is 19.9. The topological polar surface area (TPSA) is 83.1 Å². The van der Waals surface area contributed by atoms with Gasteiger partial charge in [-0.15, -0.1) is 0 Å². The first-order chi connectivity index (χ1) is 16.4. The second kappa shape index (κ2) is 12.2. The maximum absolute atomic E-state index is 12.7. The van der Waals surface area contributed by atoms with E-state index in [4.69, 9.17) is 21.7 Å². The molecule has 0 aromatic heterocycles. The average Bonchev–Trinajstić information content (AvgIpc) is 2.84. The van der Waals surface area contributed by atoms with Gasteiger partial charge in [-0.05, 0) is 62.5 Å². The molecule has 0 radical (unpaired) electrons. The van der Waals surface area contributed by atoms with Crippen molar-refractivity contribution in [1.29, 1.82) is 0 Å². The van der Waals surface area contributed by atoms with E-state index in [1.165, 1.54) is 0 Å². The van der Waals surface area contributed by atoms with E-state index >= 15 is 0 Å². The summed E-state index contributed by atoms with van der Waals surface area (Å²) in [6.45, 7) is 9.70. The molecule has 0 unspecified atom stereocenters. The third-order valence-corrected chi connectivity index (χ3v) is 5.62. The van der Waals surface area contributed by atoms with Gasteiger partial charge in [0.2, 0.25) is 5.91 Å². The third kappa shape index (κ3) is 6.84. The molecule has 34 heavy (non-hydrogen) atoms. The van der Waals surface area contributed by atoms with Crippen LogP contribution in [0.25, 0.3) is 0 Å². The highest BCUT2D eigenvalue weighted by molar-refractivity contribution is 7.80. The lowest BCUT2D eigenvalue weighted by Gasteiger charge is -2.36. The summed E-state index contributed by atoms with van der Waals surface area (Å²) < 4.78 is 11.1. The molecule has 0 bridgehead atoms. The largest absolute Gasteiger partial charge is 0.494 e. The Labute approximate surface area is 206 Å². The summed E-state index contributed by atoms with van der Waals surface area (Å²) in [4.78, 5) is 28.8. The van der Waals surface area contributed by atoms with Crippen molar-refractivity contribution in [3.63, 3.8) is 0 Å². The molecule has 1 heterocycles. The predicted octanol–water partition coefficient (Wildman–Crippen LogP) is 3.67. The highest BCUT2D eigenvalue weighted by Crippen LogP contribution is 2.23. The Kier molecular flexibility index (Phi) is 9.09. The molecule has 0 aliphatic carbocycles. The van der Waals surface area contributed by atoms with Crippen LogP contribution in [-0.4, -0.2) is 61.2 Å². The van der Waals surface area contributed by atoms with Gasteiger partial charge in [-0.3, -0.25) is 14.9 Å². The van der Waals surface area contributed by atoms with Crippen LogP contribution in [0.15, 0.2) is 42.5 Å². The van der Waals surface area contributed by atoms with E-state index in [1.807, 2.05) is 49.9 Å². The SMILES string of the molecule is CCOc1cc(OCC)cc(C(=O)NC(=S)Nc2ccc(N3CCN(C(=O)CC)CC3)cc2)c1. The first-order valence-corrected chi connectivity index (χ1v) is 12.0. The molecule has 8 nitrogen and oxygen atoms in total. The molecule has 2 N–H and O–H groups in total. The third-order valence-electron chi connectivity index (χ3n) is 5.42. The number of anilines is 2. The monoisotopic (exact) mass is 484 g/mol. The molecule has 2 aromatic rings. The van der Waals surface area contributed by atoms with Crippen LogP contribution in [0.4, 0.5) is 11.4 Å². The second-order valence-electron chi connectivity index (χ2n) is 7.74. The average molecular weight is 485 g/mol. The summed E-state index contributed by atoms with van der Waals surface area (Å²) in [5.41, 5.74) is 2.25. The van der Waals surface area contributed by atoms with E-state index in [0.29, 0.717) is 36.7 Å². The summed E-state index contributed by atoms with van der Waals surface area (Å²) in [5.74, 6) is 0.977. The molecule has 0 spiro atoms. The van der Waals surface area contributed by atoms with Crippen molar-refractivity contribution in [3.05, 3.63) is 48.0 Å². The fraction of sp³-hybridized carbons (Fsp3) is 0.400. The first-order valence-electron chi connectivity index (χ1n) is 11.6. The van der Waals surface area contributed by atoms with Crippen molar-refractivity contribution in [2.45, 2.75) is 27.2 Å². The number of nitrogens with one attached hydrogen (secondary N) is 2. The summed E-state index contributed by atoms with van der Waals surface area (Å²) in [6.07, 6.45) is 0.544. The highest BCUT2D eigenvalue weighted by Gasteiger charge is 2.20. The van der Waals surface area contributed by atoms with E-state index in [0.717, 1.165) is 37.6 Å². The van der Waals surface area contributed by atoms with E-state index in [-0.39, 0.29) is 16.9 Å². The Morgan fingerprint density at radius 1 is 0.912 bits per heavy atom. The van der Waals surface area contributed by atoms with E-state index in [1.54, 1.807) is 18.2 Å². The summed E-state index contributed by atoms with van der Waals surface area (Å²) in [7, 11) is 0. The Balaban J connectivity index is 1.56. The van der Waals surface area contributed by atoms with Crippen LogP contribution < -0.4 is 25.0 Å². The Morgan fingerprint density at radius 2 is 1.50 bits per heavy atom. The summed E-state index contributed by atoms with van der Waals surface area (Å²) in [5, 5.41) is 5.95. The molecule has 2 amide bonds. The number of amides is 2. The van der Waals surface area contributed by atoms with Crippen molar-refractivity contribution < 1.29 is 19.1 Å². The number of hydrogen-bond donors (Lipinski definition) is 2. The lowest BCUT2D eigenvalue weighted by molar-refractivity contribution is -0.131. The van der Waals surface area contributed by atoms with Gasteiger partial charge in [-0.25, -0.2) is 0 Å². The van der Waals surface area contributed by atoms with Gasteiger partial charge in [-0.1, -0.05) is 6.92 Å². The molecule has 1 fully saturated rings. The van der Waals surface area contributed by atoms with E-state index < -0.39 is 0 Å². The number of ether oxygens (including phenoxy) is 2. The van der Waals surface area contributed by atoms with Crippen molar-refractivity contribution in [3.8, 4) is 11.5 Å². The summed E-state index contributed by atoms with van der Waals surface area (Å²) in [6, 6.07) is 12.9. The van der Waals surface area contributed by atoms with Crippen molar-refractivity contribution in [1.82, 2.24) is 10.2 Å². The molecule has 1 aliphatic heterocycles. The zero-order chi connectivity index (χ0) is 24.5. The van der Waals surface area contributed by atoms with Gasteiger partial charge in [0.1, 0.15) is 11.5 Å². The number of piperazine rings is 1. The normalized spacial score (nSPS) is 13.3. The van der Waals surface area contributed by atoms with Gasteiger partial charge in [0.25, 0.3) is 5.91 Å². The molecule has 182 valence electrons. The van der Waals surface area contributed by atoms with Gasteiger partial charge in [-0.2, -0.15) is 0 Å². The lowest BCUT2D eigenvalue weighted by atomic mass is 10.2. The first kappa shape index (κ1) is 25.3. The molecular formula is C25H32N4O4S. The van der Waals surface area contributed by atoms with Crippen molar-refractivity contribution in [2.75, 3.05) is 49.6 Å². The Morgan fingerprint density at radius 3 is 2.03 bits per heavy atom. The number of benzene rings is 2. The van der Waals surface area contributed by atoms with Gasteiger partial charge >= 0.3 is 0 Å². The minimum atomic E-state index is -0.351. The van der Waals surface area contributed by atoms with Gasteiger partial charge in [0.15, 0.2) is 5.11 Å². The van der Waals surface area contributed by atoms with Gasteiger partial charge in [0.05, 0.1) is 13.2 Å². The fourth-order valence-corrected chi connectivity index (χ4v) is 3.94. The maximum atomic E-state index is 12.7. The number of hydrogen-bond acceptors (Lipinski definition) is 6. The second-order valence-corrected chi connectivity index (χ2v) is 8.14. The van der Waals surface area contributed by atoms with Crippen LogP contribution in [0.2, 0.25) is 0 Å². The van der Waals surface area contributed by atoms with Crippen LogP contribution in [0.3, 0.4) is 0 Å². The smallest absolute Gasteiger partial charge is 0.257 e. The van der Waals surface area contributed by atoms with Crippen molar-refractivity contribution in [2.24, 2.45) is 0 Å². The van der Waals surface area contributed by atoms with E-state index in [2.05, 4.69) is 15.5 Å². The molecule has 0 saturated carbocycles. The Hall–Kier alpha value is -3.33. The Bertz CT molecular complexity index is 980. The molecule has 3 rings (SSSR count). The quantitative estimate of drug-likeness (QED) is 0.553. The predicted molar refractivity (Wildman–Crippen MR) is 138 cm³/mol. The summed E-state index contributed by atoms with van der Waals surface area (Å²) >= 11 is 5.33. The number of nitrogens with zero attached hydrogens (tertiary/aromatic N) is 2. The number of rotatable bonds is 8. The lowest BCUT2D eigenvalue weighted by Crippen LogP contribution is -2.48. The van der Waals surface area contributed by atoms with Crippen molar-refractivity contribution >= 4 is 40.5 Å². The van der Waals surface area contributed by atoms with Crippen LogP contribution in [-0.2, 0) is 4.79 Å². The minimum absolute atomic E-state index is 0.198. The standard InChI is InChI=1S/C25H32N4O4S/c1-4-23(30)29-13-11-28(12-14-29)20-9-7-19(8-10-20)26-25(34)27-24(31)18-15-21(32-5-2)17-22(16-18)33-6-3/h7-10,15-17H,4-6,11-14H2,1-3H3,(H2,26,27,31,34). The molecule has 2 aromatic carbocycles. The van der Waals surface area contributed by atoms with E-state index in [9.17, 15) is 9.59 Å². The molecule has 0 atom stereocenters. The van der Waals surface area contributed by atoms with Crippen LogP contribution in [0.5, 0.6) is 11.5 Å². The van der Waals surface area contributed by atoms with Crippen LogP contribution >= 0.6 is 12.2 Å². The molecular weight excluding hydrogens is 452 g/mol.